The minimum atomic E-state index is -3.66. The molecule has 19 heavy (non-hydrogen) atoms. The van der Waals surface area contributed by atoms with Crippen LogP contribution in [0.15, 0.2) is 51.5 Å². The molecule has 0 atom stereocenters. The zero-order valence-corrected chi connectivity index (χ0v) is 11.9. The summed E-state index contributed by atoms with van der Waals surface area (Å²) < 4.78 is 24.7. The molecule has 2 N–H and O–H groups in total. The topological polar surface area (TPSA) is 85.9 Å². The molecule has 0 aliphatic rings. The molecule has 2 rings (SSSR count). The van der Waals surface area contributed by atoms with Gasteiger partial charge in [0.25, 0.3) is 0 Å². The van der Waals surface area contributed by atoms with E-state index in [1.165, 1.54) is 30.1 Å². The zero-order chi connectivity index (χ0) is 13.9. The van der Waals surface area contributed by atoms with Gasteiger partial charge in [0.15, 0.2) is 5.16 Å². The zero-order valence-electron chi connectivity index (χ0n) is 10.3. The van der Waals surface area contributed by atoms with Gasteiger partial charge < -0.3 is 5.73 Å². The fourth-order valence-corrected chi connectivity index (χ4v) is 3.33. The van der Waals surface area contributed by atoms with Crippen molar-refractivity contribution in [3.8, 4) is 0 Å². The van der Waals surface area contributed by atoms with Gasteiger partial charge in [0.2, 0.25) is 9.84 Å². The number of rotatable bonds is 4. The first-order valence-corrected chi connectivity index (χ1v) is 8.08. The van der Waals surface area contributed by atoms with E-state index < -0.39 is 9.84 Å². The van der Waals surface area contributed by atoms with Crippen molar-refractivity contribution in [3.05, 3.63) is 36.5 Å². The highest BCUT2D eigenvalue weighted by Gasteiger charge is 2.22. The Kier molecular flexibility index (Phi) is 4.06. The fraction of sp³-hybridized carbons (Fsp3) is 0.167. The molecule has 0 unspecified atom stereocenters. The lowest BCUT2D eigenvalue weighted by Gasteiger charge is -2.07. The molecular formula is C12H13N3O2S2. The van der Waals surface area contributed by atoms with E-state index in [1.807, 2.05) is 6.92 Å². The van der Waals surface area contributed by atoms with Crippen LogP contribution in [0.2, 0.25) is 0 Å². The van der Waals surface area contributed by atoms with E-state index >= 15 is 0 Å². The molecule has 0 saturated heterocycles. The molecule has 100 valence electrons. The van der Waals surface area contributed by atoms with Crippen molar-refractivity contribution in [3.63, 3.8) is 0 Å². The van der Waals surface area contributed by atoms with Crippen LogP contribution < -0.4 is 5.73 Å². The molecule has 0 bridgehead atoms. The summed E-state index contributed by atoms with van der Waals surface area (Å²) in [6, 6.07) is 8.10. The third-order valence-corrected chi connectivity index (χ3v) is 4.91. The van der Waals surface area contributed by atoms with Gasteiger partial charge in [0.1, 0.15) is 10.7 Å². The number of nitrogens with zero attached hydrogens (tertiary/aromatic N) is 2. The van der Waals surface area contributed by atoms with Gasteiger partial charge in [-0.1, -0.05) is 36.9 Å². The summed E-state index contributed by atoms with van der Waals surface area (Å²) in [5.74, 6) is 0.777. The minimum absolute atomic E-state index is 0.0187. The molecule has 0 aliphatic heterocycles. The van der Waals surface area contributed by atoms with Crippen molar-refractivity contribution in [1.29, 1.82) is 0 Å². The molecule has 1 heterocycles. The smallest absolute Gasteiger partial charge is 0.211 e. The van der Waals surface area contributed by atoms with E-state index in [1.54, 1.807) is 18.2 Å². The third-order valence-electron chi connectivity index (χ3n) is 2.38. The minimum Gasteiger partial charge on any atom is -0.382 e. The van der Waals surface area contributed by atoms with Crippen molar-refractivity contribution in [2.75, 3.05) is 11.5 Å². The second-order valence-corrected chi connectivity index (χ2v) is 6.80. The molecule has 0 spiro atoms. The Bertz CT molecular complexity index is 673. The molecule has 2 aromatic rings. The van der Waals surface area contributed by atoms with Crippen LogP contribution in [-0.4, -0.2) is 24.1 Å². The first-order valence-electron chi connectivity index (χ1n) is 5.61. The molecule has 0 radical (unpaired) electrons. The highest BCUT2D eigenvalue weighted by molar-refractivity contribution is 7.99. The van der Waals surface area contributed by atoms with Gasteiger partial charge in [-0.25, -0.2) is 18.4 Å². The van der Waals surface area contributed by atoms with Crippen molar-refractivity contribution < 1.29 is 8.42 Å². The Labute approximate surface area is 116 Å². The predicted octanol–water partition coefficient (Wildman–Crippen LogP) is 2.00. The van der Waals surface area contributed by atoms with Crippen LogP contribution in [0.1, 0.15) is 6.92 Å². The van der Waals surface area contributed by atoms with Crippen molar-refractivity contribution in [1.82, 2.24) is 9.97 Å². The number of aromatic nitrogens is 2. The van der Waals surface area contributed by atoms with Crippen LogP contribution in [0.5, 0.6) is 0 Å². The van der Waals surface area contributed by atoms with Gasteiger partial charge in [-0.3, -0.25) is 0 Å². The number of nitrogens with two attached hydrogens (primary N) is 1. The Morgan fingerprint density at radius 1 is 1.26 bits per heavy atom. The lowest BCUT2D eigenvalue weighted by Crippen LogP contribution is -2.08. The Morgan fingerprint density at radius 3 is 2.53 bits per heavy atom. The van der Waals surface area contributed by atoms with E-state index in [-0.39, 0.29) is 15.6 Å². The maximum Gasteiger partial charge on any atom is 0.211 e. The Morgan fingerprint density at radius 2 is 1.95 bits per heavy atom. The average Bonchev–Trinajstić information content (AvgIpc) is 2.40. The highest BCUT2D eigenvalue weighted by Crippen LogP contribution is 2.25. The van der Waals surface area contributed by atoms with Crippen LogP contribution in [0.4, 0.5) is 5.82 Å². The monoisotopic (exact) mass is 295 g/mol. The first kappa shape index (κ1) is 13.8. The standard InChI is InChI=1S/C12H13N3O2S2/c1-2-18-12-14-8-10(11(13)15-12)19(16,17)9-6-4-3-5-7-9/h3-8H,2H2,1H3,(H2,13,14,15). The summed E-state index contributed by atoms with van der Waals surface area (Å²) >= 11 is 1.41. The van der Waals surface area contributed by atoms with E-state index in [2.05, 4.69) is 9.97 Å². The summed E-state index contributed by atoms with van der Waals surface area (Å²) in [6.45, 7) is 1.96. The lowest BCUT2D eigenvalue weighted by atomic mass is 10.4. The van der Waals surface area contributed by atoms with Gasteiger partial charge in [0, 0.05) is 0 Å². The van der Waals surface area contributed by atoms with Crippen LogP contribution >= 0.6 is 11.8 Å². The van der Waals surface area contributed by atoms with Crippen molar-refractivity contribution >= 4 is 27.4 Å². The quantitative estimate of drug-likeness (QED) is 0.686. The summed E-state index contributed by atoms with van der Waals surface area (Å²) in [5.41, 5.74) is 5.73. The number of sulfone groups is 1. The normalized spacial score (nSPS) is 11.4. The number of nitrogen functional groups attached to an aromatic ring is 1. The van der Waals surface area contributed by atoms with E-state index in [4.69, 9.17) is 5.73 Å². The molecule has 1 aromatic carbocycles. The first-order chi connectivity index (χ1) is 9.05. The molecule has 0 saturated carbocycles. The summed E-state index contributed by atoms with van der Waals surface area (Å²) in [4.78, 5) is 8.14. The van der Waals surface area contributed by atoms with E-state index in [9.17, 15) is 8.42 Å². The SMILES string of the molecule is CCSc1ncc(S(=O)(=O)c2ccccc2)c(N)n1. The fourth-order valence-electron chi connectivity index (χ4n) is 1.50. The summed E-state index contributed by atoms with van der Waals surface area (Å²) in [6.07, 6.45) is 1.27. The van der Waals surface area contributed by atoms with Gasteiger partial charge in [-0.15, -0.1) is 0 Å². The Balaban J connectivity index is 2.48. The van der Waals surface area contributed by atoms with Gasteiger partial charge in [0.05, 0.1) is 11.1 Å². The molecular weight excluding hydrogens is 282 g/mol. The van der Waals surface area contributed by atoms with Crippen molar-refractivity contribution in [2.45, 2.75) is 21.9 Å². The lowest BCUT2D eigenvalue weighted by molar-refractivity contribution is 0.595. The van der Waals surface area contributed by atoms with Crippen LogP contribution in [-0.2, 0) is 9.84 Å². The van der Waals surface area contributed by atoms with E-state index in [0.717, 1.165) is 5.75 Å². The third kappa shape index (κ3) is 2.87. The maximum atomic E-state index is 12.4. The number of hydrogen-bond donors (Lipinski definition) is 1. The number of anilines is 1. The van der Waals surface area contributed by atoms with Gasteiger partial charge in [-0.2, -0.15) is 0 Å². The van der Waals surface area contributed by atoms with Crippen LogP contribution in [0.25, 0.3) is 0 Å². The second kappa shape index (κ2) is 5.58. The summed E-state index contributed by atoms with van der Waals surface area (Å²) in [5, 5.41) is 0.479. The van der Waals surface area contributed by atoms with Gasteiger partial charge in [-0.05, 0) is 17.9 Å². The van der Waals surface area contributed by atoms with Crippen LogP contribution in [0.3, 0.4) is 0 Å². The number of hydrogen-bond acceptors (Lipinski definition) is 6. The average molecular weight is 295 g/mol. The van der Waals surface area contributed by atoms with Crippen LogP contribution in [0, 0.1) is 0 Å². The molecule has 0 fully saturated rings. The molecule has 5 nitrogen and oxygen atoms in total. The predicted molar refractivity (Wildman–Crippen MR) is 74.7 cm³/mol. The number of thioether (sulfide) groups is 1. The largest absolute Gasteiger partial charge is 0.382 e. The second-order valence-electron chi connectivity index (χ2n) is 3.65. The number of benzene rings is 1. The van der Waals surface area contributed by atoms with Gasteiger partial charge >= 0.3 is 0 Å². The Hall–Kier alpha value is -1.60. The summed E-state index contributed by atoms with van der Waals surface area (Å²) in [7, 11) is -3.66. The van der Waals surface area contributed by atoms with Crippen molar-refractivity contribution in [2.24, 2.45) is 0 Å². The molecule has 0 aliphatic carbocycles. The highest BCUT2D eigenvalue weighted by atomic mass is 32.2. The molecule has 7 heteroatoms. The maximum absolute atomic E-state index is 12.4. The van der Waals surface area contributed by atoms with E-state index in [0.29, 0.717) is 5.16 Å². The molecule has 1 aromatic heterocycles. The molecule has 0 amide bonds.